The van der Waals surface area contributed by atoms with Gasteiger partial charge in [0.15, 0.2) is 0 Å². The summed E-state index contributed by atoms with van der Waals surface area (Å²) in [6.07, 6.45) is 2.38. The van der Waals surface area contributed by atoms with Crippen LogP contribution in [0.1, 0.15) is 37.0 Å². The molecule has 146 valence electrons. The number of hydrogen-bond donors (Lipinski definition) is 1. The van der Waals surface area contributed by atoms with Gasteiger partial charge in [-0.05, 0) is 47.8 Å². The molecule has 4 heteroatoms. The minimum absolute atomic E-state index is 0.00909. The van der Waals surface area contributed by atoms with E-state index in [1.807, 2.05) is 47.4 Å². The molecule has 1 N–H and O–H groups in total. The number of piperazine rings is 1. The van der Waals surface area contributed by atoms with Crippen LogP contribution in [0.15, 0.2) is 54.6 Å². The van der Waals surface area contributed by atoms with Gasteiger partial charge in [0.1, 0.15) is 12.1 Å². The van der Waals surface area contributed by atoms with Crippen molar-refractivity contribution >= 4 is 11.8 Å². The van der Waals surface area contributed by atoms with Gasteiger partial charge in [-0.3, -0.25) is 9.59 Å². The van der Waals surface area contributed by atoms with Gasteiger partial charge in [-0.15, -0.1) is 0 Å². The van der Waals surface area contributed by atoms with E-state index in [-0.39, 0.29) is 17.7 Å². The Kier molecular flexibility index (Phi) is 5.21. The van der Waals surface area contributed by atoms with E-state index in [0.29, 0.717) is 18.9 Å². The Hall–Kier alpha value is -2.62. The van der Waals surface area contributed by atoms with Crippen LogP contribution in [0.2, 0.25) is 0 Å². The van der Waals surface area contributed by atoms with Crippen LogP contribution in [-0.4, -0.2) is 28.8 Å². The molecular weight excluding hydrogens is 348 g/mol. The van der Waals surface area contributed by atoms with Crippen molar-refractivity contribution in [1.82, 2.24) is 10.2 Å². The molecule has 0 aromatic heterocycles. The van der Waals surface area contributed by atoms with Crippen LogP contribution in [0, 0.1) is 11.8 Å². The Morgan fingerprint density at radius 2 is 1.57 bits per heavy atom. The summed E-state index contributed by atoms with van der Waals surface area (Å²) in [5.41, 5.74) is 3.66. The van der Waals surface area contributed by atoms with Crippen LogP contribution in [-0.2, 0) is 29.0 Å². The Balaban J connectivity index is 1.59. The minimum Gasteiger partial charge on any atom is -0.342 e. The Labute approximate surface area is 166 Å². The molecule has 0 radical (unpaired) electrons. The van der Waals surface area contributed by atoms with E-state index < -0.39 is 12.1 Å². The van der Waals surface area contributed by atoms with Crippen molar-refractivity contribution in [2.75, 3.05) is 0 Å². The SMILES string of the molecule is CC(C)C[C@@H]1C(=O)N[C@H](C2Cc3ccccc3C2)C(=O)N1Cc1ccccc1. The molecule has 2 aliphatic rings. The van der Waals surface area contributed by atoms with Gasteiger partial charge in [0.05, 0.1) is 0 Å². The molecule has 4 nitrogen and oxygen atoms in total. The van der Waals surface area contributed by atoms with E-state index >= 15 is 0 Å². The standard InChI is InChI=1S/C24H28N2O2/c1-16(2)12-21-23(27)25-22(20-13-18-10-6-7-11-19(18)14-20)24(28)26(21)15-17-8-4-3-5-9-17/h3-11,16,20-22H,12-15H2,1-2H3,(H,25,27)/t21-,22-/m1/s1. The summed E-state index contributed by atoms with van der Waals surface area (Å²) in [5.74, 6) is 0.526. The summed E-state index contributed by atoms with van der Waals surface area (Å²) >= 11 is 0. The first kappa shape index (κ1) is 18.7. The second kappa shape index (κ2) is 7.78. The third kappa shape index (κ3) is 3.68. The molecule has 1 aliphatic heterocycles. The first-order chi connectivity index (χ1) is 13.5. The average molecular weight is 377 g/mol. The molecule has 0 unspecified atom stereocenters. The largest absolute Gasteiger partial charge is 0.342 e. The Bertz CT molecular complexity index is 837. The third-order valence-corrected chi connectivity index (χ3v) is 5.97. The van der Waals surface area contributed by atoms with Crippen molar-refractivity contribution in [3.8, 4) is 0 Å². The van der Waals surface area contributed by atoms with Gasteiger partial charge in [-0.2, -0.15) is 0 Å². The normalized spacial score (nSPS) is 22.5. The van der Waals surface area contributed by atoms with Crippen molar-refractivity contribution in [1.29, 1.82) is 0 Å². The number of nitrogens with zero attached hydrogens (tertiary/aromatic N) is 1. The molecular formula is C24H28N2O2. The number of amides is 2. The smallest absolute Gasteiger partial charge is 0.246 e. The van der Waals surface area contributed by atoms with E-state index in [0.717, 1.165) is 18.4 Å². The molecule has 1 heterocycles. The molecule has 2 amide bonds. The number of rotatable bonds is 5. The summed E-state index contributed by atoms with van der Waals surface area (Å²) in [6.45, 7) is 4.68. The molecule has 1 aliphatic carbocycles. The van der Waals surface area contributed by atoms with E-state index in [4.69, 9.17) is 0 Å². The van der Waals surface area contributed by atoms with Crippen molar-refractivity contribution in [2.45, 2.75) is 51.7 Å². The lowest BCUT2D eigenvalue weighted by molar-refractivity contribution is -0.152. The van der Waals surface area contributed by atoms with Gasteiger partial charge in [0.25, 0.3) is 0 Å². The number of carbonyl (C=O) groups excluding carboxylic acids is 2. The van der Waals surface area contributed by atoms with Gasteiger partial charge in [0.2, 0.25) is 11.8 Å². The molecule has 2 atom stereocenters. The molecule has 2 aromatic rings. The average Bonchev–Trinajstić information content (AvgIpc) is 3.11. The van der Waals surface area contributed by atoms with Crippen LogP contribution < -0.4 is 5.32 Å². The maximum Gasteiger partial charge on any atom is 0.246 e. The minimum atomic E-state index is -0.438. The van der Waals surface area contributed by atoms with E-state index in [9.17, 15) is 9.59 Å². The number of benzene rings is 2. The number of carbonyl (C=O) groups is 2. The van der Waals surface area contributed by atoms with Crippen molar-refractivity contribution < 1.29 is 9.59 Å². The predicted molar refractivity (Wildman–Crippen MR) is 110 cm³/mol. The number of fused-ring (bicyclic) bond motifs is 1. The maximum atomic E-state index is 13.5. The second-order valence-corrected chi connectivity index (χ2v) is 8.52. The quantitative estimate of drug-likeness (QED) is 0.870. The van der Waals surface area contributed by atoms with Crippen LogP contribution >= 0.6 is 0 Å². The van der Waals surface area contributed by atoms with Gasteiger partial charge >= 0.3 is 0 Å². The van der Waals surface area contributed by atoms with Gasteiger partial charge in [-0.1, -0.05) is 68.4 Å². The topological polar surface area (TPSA) is 49.4 Å². The molecule has 1 saturated heterocycles. The zero-order valence-corrected chi connectivity index (χ0v) is 16.6. The highest BCUT2D eigenvalue weighted by Gasteiger charge is 2.44. The molecule has 28 heavy (non-hydrogen) atoms. The van der Waals surface area contributed by atoms with Gasteiger partial charge in [-0.25, -0.2) is 0 Å². The zero-order valence-electron chi connectivity index (χ0n) is 16.6. The lowest BCUT2D eigenvalue weighted by Gasteiger charge is -2.41. The molecule has 0 spiro atoms. The van der Waals surface area contributed by atoms with Gasteiger partial charge < -0.3 is 10.2 Å². The summed E-state index contributed by atoms with van der Waals surface area (Å²) in [7, 11) is 0. The number of hydrogen-bond acceptors (Lipinski definition) is 2. The second-order valence-electron chi connectivity index (χ2n) is 8.52. The lowest BCUT2D eigenvalue weighted by atomic mass is 9.90. The number of nitrogens with one attached hydrogen (secondary N) is 1. The fourth-order valence-corrected chi connectivity index (χ4v) is 4.58. The van der Waals surface area contributed by atoms with E-state index in [1.54, 1.807) is 0 Å². The molecule has 2 aromatic carbocycles. The highest BCUT2D eigenvalue weighted by atomic mass is 16.2. The van der Waals surface area contributed by atoms with Crippen molar-refractivity contribution in [2.24, 2.45) is 11.8 Å². The maximum absolute atomic E-state index is 13.5. The highest BCUT2D eigenvalue weighted by molar-refractivity contribution is 5.97. The van der Waals surface area contributed by atoms with Crippen LogP contribution in [0.5, 0.6) is 0 Å². The molecule has 1 fully saturated rings. The Morgan fingerprint density at radius 1 is 0.964 bits per heavy atom. The fraction of sp³-hybridized carbons (Fsp3) is 0.417. The Morgan fingerprint density at radius 3 is 2.18 bits per heavy atom. The van der Waals surface area contributed by atoms with E-state index in [1.165, 1.54) is 11.1 Å². The van der Waals surface area contributed by atoms with Crippen LogP contribution in [0.3, 0.4) is 0 Å². The first-order valence-corrected chi connectivity index (χ1v) is 10.2. The first-order valence-electron chi connectivity index (χ1n) is 10.2. The lowest BCUT2D eigenvalue weighted by Crippen LogP contribution is -2.65. The van der Waals surface area contributed by atoms with Gasteiger partial charge in [0, 0.05) is 6.54 Å². The van der Waals surface area contributed by atoms with Crippen molar-refractivity contribution in [3.05, 3.63) is 71.3 Å². The zero-order chi connectivity index (χ0) is 19.7. The predicted octanol–water partition coefficient (Wildman–Crippen LogP) is 3.34. The van der Waals surface area contributed by atoms with Crippen LogP contribution in [0.25, 0.3) is 0 Å². The molecule has 0 bridgehead atoms. The summed E-state index contributed by atoms with van der Waals surface area (Å²) < 4.78 is 0. The van der Waals surface area contributed by atoms with E-state index in [2.05, 4.69) is 31.3 Å². The summed E-state index contributed by atoms with van der Waals surface area (Å²) in [6, 6.07) is 17.5. The molecule has 0 saturated carbocycles. The molecule has 4 rings (SSSR count). The third-order valence-electron chi connectivity index (χ3n) is 5.97. The summed E-state index contributed by atoms with van der Waals surface area (Å²) in [4.78, 5) is 28.3. The highest BCUT2D eigenvalue weighted by Crippen LogP contribution is 2.32. The monoisotopic (exact) mass is 376 g/mol. The fourth-order valence-electron chi connectivity index (χ4n) is 4.58. The van der Waals surface area contributed by atoms with Crippen LogP contribution in [0.4, 0.5) is 0 Å². The van der Waals surface area contributed by atoms with Crippen molar-refractivity contribution in [3.63, 3.8) is 0 Å². The summed E-state index contributed by atoms with van der Waals surface area (Å²) in [5, 5.41) is 3.08.